The second-order valence-electron chi connectivity index (χ2n) is 4.35. The van der Waals surface area contributed by atoms with Crippen LogP contribution in [0.3, 0.4) is 0 Å². The SMILES string of the molecule is CSc1cccc(SC(C)(C)C)c1C(=O)O. The number of hydrogen-bond donors (Lipinski definition) is 1. The lowest BCUT2D eigenvalue weighted by atomic mass is 10.2. The number of aromatic carboxylic acids is 1. The average molecular weight is 256 g/mol. The van der Waals surface area contributed by atoms with E-state index in [1.54, 1.807) is 11.8 Å². The molecular formula is C12H16O2S2. The van der Waals surface area contributed by atoms with Crippen LogP contribution < -0.4 is 0 Å². The zero-order valence-electron chi connectivity index (χ0n) is 9.90. The second-order valence-corrected chi connectivity index (χ2v) is 7.07. The van der Waals surface area contributed by atoms with Crippen LogP contribution in [0.1, 0.15) is 31.1 Å². The van der Waals surface area contributed by atoms with E-state index in [2.05, 4.69) is 20.8 Å². The summed E-state index contributed by atoms with van der Waals surface area (Å²) < 4.78 is 0.0151. The number of carboxylic acid groups (broad SMARTS) is 1. The number of benzene rings is 1. The van der Waals surface area contributed by atoms with Crippen LogP contribution >= 0.6 is 23.5 Å². The van der Waals surface area contributed by atoms with Crippen LogP contribution in [0.4, 0.5) is 0 Å². The van der Waals surface area contributed by atoms with Crippen LogP contribution in [0.2, 0.25) is 0 Å². The lowest BCUT2D eigenvalue weighted by Crippen LogP contribution is -2.10. The first-order chi connectivity index (χ1) is 7.35. The molecule has 0 amide bonds. The van der Waals surface area contributed by atoms with Gasteiger partial charge in [0.05, 0.1) is 5.56 Å². The van der Waals surface area contributed by atoms with Crippen LogP contribution in [-0.4, -0.2) is 22.1 Å². The summed E-state index contributed by atoms with van der Waals surface area (Å²) in [6.45, 7) is 6.24. The third-order valence-corrected chi connectivity index (χ3v) is 3.79. The summed E-state index contributed by atoms with van der Waals surface area (Å²) in [7, 11) is 0. The van der Waals surface area contributed by atoms with Gasteiger partial charge in [0.15, 0.2) is 0 Å². The average Bonchev–Trinajstić information content (AvgIpc) is 2.14. The van der Waals surface area contributed by atoms with Crippen molar-refractivity contribution in [1.29, 1.82) is 0 Å². The van der Waals surface area contributed by atoms with Crippen molar-refractivity contribution in [3.05, 3.63) is 23.8 Å². The standard InChI is InChI=1S/C12H16O2S2/c1-12(2,3)16-9-7-5-6-8(15-4)10(9)11(13)14/h5-7H,1-4H3,(H,13,14). The highest BCUT2D eigenvalue weighted by atomic mass is 32.2. The second kappa shape index (κ2) is 5.15. The fraction of sp³-hybridized carbons (Fsp3) is 0.417. The molecule has 88 valence electrons. The Morgan fingerprint density at radius 3 is 2.25 bits per heavy atom. The summed E-state index contributed by atoms with van der Waals surface area (Å²) in [6, 6.07) is 5.63. The quantitative estimate of drug-likeness (QED) is 0.829. The molecule has 1 rings (SSSR count). The molecule has 2 nitrogen and oxygen atoms in total. The molecule has 0 aromatic heterocycles. The Hall–Kier alpha value is -0.610. The molecule has 0 saturated carbocycles. The smallest absolute Gasteiger partial charge is 0.337 e. The number of hydrogen-bond acceptors (Lipinski definition) is 3. The van der Waals surface area contributed by atoms with Crippen molar-refractivity contribution in [2.24, 2.45) is 0 Å². The molecule has 4 heteroatoms. The van der Waals surface area contributed by atoms with Crippen molar-refractivity contribution in [2.45, 2.75) is 35.3 Å². The molecule has 0 radical (unpaired) electrons. The minimum absolute atomic E-state index is 0.0151. The minimum Gasteiger partial charge on any atom is -0.478 e. The van der Waals surface area contributed by atoms with Gasteiger partial charge in [-0.1, -0.05) is 26.8 Å². The summed E-state index contributed by atoms with van der Waals surface area (Å²) in [6.07, 6.45) is 1.90. The third kappa shape index (κ3) is 3.46. The zero-order valence-corrected chi connectivity index (χ0v) is 11.5. The maximum atomic E-state index is 11.3. The van der Waals surface area contributed by atoms with Crippen molar-refractivity contribution in [1.82, 2.24) is 0 Å². The molecule has 1 aromatic carbocycles. The van der Waals surface area contributed by atoms with Gasteiger partial charge in [-0.2, -0.15) is 0 Å². The van der Waals surface area contributed by atoms with Crippen LogP contribution in [0.5, 0.6) is 0 Å². The summed E-state index contributed by atoms with van der Waals surface area (Å²) in [5.74, 6) is -0.850. The van der Waals surface area contributed by atoms with Crippen molar-refractivity contribution in [3.63, 3.8) is 0 Å². The highest BCUT2D eigenvalue weighted by Gasteiger charge is 2.20. The Balaban J connectivity index is 3.22. The monoisotopic (exact) mass is 256 g/mol. The molecule has 1 N–H and O–H groups in total. The molecule has 0 saturated heterocycles. The Morgan fingerprint density at radius 2 is 1.81 bits per heavy atom. The van der Waals surface area contributed by atoms with E-state index in [-0.39, 0.29) is 4.75 Å². The summed E-state index contributed by atoms with van der Waals surface area (Å²) in [4.78, 5) is 12.9. The van der Waals surface area contributed by atoms with E-state index in [4.69, 9.17) is 0 Å². The number of thioether (sulfide) groups is 2. The van der Waals surface area contributed by atoms with Gasteiger partial charge in [-0.3, -0.25) is 0 Å². The van der Waals surface area contributed by atoms with E-state index in [1.807, 2.05) is 24.5 Å². The third-order valence-electron chi connectivity index (χ3n) is 1.84. The molecule has 0 unspecified atom stereocenters. The van der Waals surface area contributed by atoms with Gasteiger partial charge in [-0.25, -0.2) is 4.79 Å². The Kier molecular flexibility index (Phi) is 4.33. The van der Waals surface area contributed by atoms with E-state index >= 15 is 0 Å². The molecule has 1 aromatic rings. The first-order valence-electron chi connectivity index (χ1n) is 4.94. The Morgan fingerprint density at radius 1 is 1.25 bits per heavy atom. The predicted octanol–water partition coefficient (Wildman–Crippen LogP) is 4.00. The molecule has 0 aliphatic carbocycles. The molecular weight excluding hydrogens is 240 g/mol. The zero-order chi connectivity index (χ0) is 12.3. The van der Waals surface area contributed by atoms with Crippen molar-refractivity contribution in [3.8, 4) is 0 Å². The fourth-order valence-corrected chi connectivity index (χ4v) is 3.09. The molecule has 0 bridgehead atoms. The van der Waals surface area contributed by atoms with E-state index in [1.165, 1.54) is 11.8 Å². The normalized spacial score (nSPS) is 11.5. The van der Waals surface area contributed by atoms with Crippen LogP contribution in [0.25, 0.3) is 0 Å². The molecule has 16 heavy (non-hydrogen) atoms. The largest absolute Gasteiger partial charge is 0.478 e. The van der Waals surface area contributed by atoms with Gasteiger partial charge >= 0.3 is 5.97 Å². The van der Waals surface area contributed by atoms with Gasteiger partial charge in [0.1, 0.15) is 0 Å². The topological polar surface area (TPSA) is 37.3 Å². The van der Waals surface area contributed by atoms with Crippen LogP contribution in [0, 0.1) is 0 Å². The van der Waals surface area contributed by atoms with Gasteiger partial charge < -0.3 is 5.11 Å². The van der Waals surface area contributed by atoms with E-state index in [9.17, 15) is 9.90 Å². The van der Waals surface area contributed by atoms with Gasteiger partial charge in [-0.15, -0.1) is 23.5 Å². The van der Waals surface area contributed by atoms with Crippen LogP contribution in [0.15, 0.2) is 28.0 Å². The fourth-order valence-electron chi connectivity index (χ4n) is 1.31. The predicted molar refractivity (Wildman–Crippen MR) is 70.8 cm³/mol. The van der Waals surface area contributed by atoms with E-state index in [0.717, 1.165) is 9.79 Å². The van der Waals surface area contributed by atoms with E-state index in [0.29, 0.717) is 5.56 Å². The van der Waals surface area contributed by atoms with Crippen molar-refractivity contribution >= 4 is 29.5 Å². The lowest BCUT2D eigenvalue weighted by molar-refractivity contribution is 0.0689. The molecule has 0 heterocycles. The molecule has 0 spiro atoms. The Bertz CT molecular complexity index is 394. The molecule has 0 atom stereocenters. The maximum Gasteiger partial charge on any atom is 0.337 e. The minimum atomic E-state index is -0.850. The van der Waals surface area contributed by atoms with Gasteiger partial charge in [-0.05, 0) is 18.4 Å². The van der Waals surface area contributed by atoms with Gasteiger partial charge in [0, 0.05) is 14.5 Å². The summed E-state index contributed by atoms with van der Waals surface area (Å²) in [5, 5.41) is 9.25. The molecule has 0 aliphatic rings. The summed E-state index contributed by atoms with van der Waals surface area (Å²) >= 11 is 3.06. The highest BCUT2D eigenvalue weighted by molar-refractivity contribution is 8.01. The molecule has 0 fully saturated rings. The first kappa shape index (κ1) is 13.5. The Labute approximate surface area is 105 Å². The van der Waals surface area contributed by atoms with Crippen molar-refractivity contribution < 1.29 is 9.90 Å². The first-order valence-corrected chi connectivity index (χ1v) is 6.98. The van der Waals surface area contributed by atoms with Gasteiger partial charge in [0.25, 0.3) is 0 Å². The van der Waals surface area contributed by atoms with E-state index < -0.39 is 5.97 Å². The number of rotatable bonds is 3. The van der Waals surface area contributed by atoms with Crippen LogP contribution in [-0.2, 0) is 0 Å². The summed E-state index contributed by atoms with van der Waals surface area (Å²) in [5.41, 5.74) is 0.426. The maximum absolute atomic E-state index is 11.3. The highest BCUT2D eigenvalue weighted by Crippen LogP contribution is 2.37. The lowest BCUT2D eigenvalue weighted by Gasteiger charge is -2.19. The molecule has 0 aliphatic heterocycles. The number of carboxylic acids is 1. The number of carbonyl (C=O) groups is 1. The van der Waals surface area contributed by atoms with Crippen molar-refractivity contribution in [2.75, 3.05) is 6.26 Å². The van der Waals surface area contributed by atoms with Gasteiger partial charge in [0.2, 0.25) is 0 Å².